The lowest BCUT2D eigenvalue weighted by molar-refractivity contribution is -0.137. The molecule has 0 radical (unpaired) electrons. The van der Waals surface area contributed by atoms with Crippen molar-refractivity contribution in [1.82, 2.24) is 5.32 Å². The number of carbonyl (C=O) groups is 1. The Morgan fingerprint density at radius 3 is 2.55 bits per heavy atom. The van der Waals surface area contributed by atoms with Crippen LogP contribution in [-0.2, 0) is 19.0 Å². The number of nitrogens with one attached hydrogen (secondary N) is 2. The summed E-state index contributed by atoms with van der Waals surface area (Å²) in [6.07, 6.45) is 0.687. The molecule has 1 saturated carbocycles. The summed E-state index contributed by atoms with van der Waals surface area (Å²) in [5, 5.41) is 15.9. The number of aliphatic hydroxyl groups excluding tert-OH is 1. The normalized spacial score (nSPS) is 23.7. The van der Waals surface area contributed by atoms with Crippen molar-refractivity contribution in [3.63, 3.8) is 0 Å². The van der Waals surface area contributed by atoms with Gasteiger partial charge in [0, 0.05) is 18.2 Å². The second kappa shape index (κ2) is 8.91. The van der Waals surface area contributed by atoms with Crippen LogP contribution in [0.2, 0.25) is 0 Å². The van der Waals surface area contributed by atoms with Crippen LogP contribution in [0.4, 0.5) is 23.7 Å². The molecule has 2 amide bonds. The van der Waals surface area contributed by atoms with Crippen molar-refractivity contribution in [2.45, 2.75) is 69.2 Å². The minimum atomic E-state index is -4.33. The maximum Gasteiger partial charge on any atom is 0.416 e. The molecule has 1 fully saturated rings. The van der Waals surface area contributed by atoms with Gasteiger partial charge in [0.15, 0.2) is 0 Å². The van der Waals surface area contributed by atoms with Gasteiger partial charge in [0.25, 0.3) is 0 Å². The smallest absolute Gasteiger partial charge is 0.393 e. The zero-order valence-electron chi connectivity index (χ0n) is 17.2. The molecule has 2 aromatic carbocycles. The molecule has 7 heteroatoms. The van der Waals surface area contributed by atoms with Crippen LogP contribution in [0.15, 0.2) is 42.5 Å². The molecule has 166 valence electrons. The van der Waals surface area contributed by atoms with Gasteiger partial charge in [-0.15, -0.1) is 0 Å². The van der Waals surface area contributed by atoms with Crippen molar-refractivity contribution < 1.29 is 23.1 Å². The number of aliphatic hydroxyl groups is 1. The summed E-state index contributed by atoms with van der Waals surface area (Å²) in [4.78, 5) is 12.6. The van der Waals surface area contributed by atoms with E-state index in [9.17, 15) is 23.1 Å². The van der Waals surface area contributed by atoms with Crippen LogP contribution in [0, 0.1) is 0 Å². The quantitative estimate of drug-likeness (QED) is 0.608. The molecule has 2 aromatic rings. The Balaban J connectivity index is 1.37. The van der Waals surface area contributed by atoms with E-state index in [0.717, 1.165) is 66.6 Å². The molecule has 0 aliphatic heterocycles. The highest BCUT2D eigenvalue weighted by Crippen LogP contribution is 2.35. The minimum Gasteiger partial charge on any atom is -0.393 e. The highest BCUT2D eigenvalue weighted by atomic mass is 19.4. The van der Waals surface area contributed by atoms with E-state index in [1.54, 1.807) is 12.1 Å². The Bertz CT molecular complexity index is 927. The lowest BCUT2D eigenvalue weighted by Crippen LogP contribution is -2.40. The molecule has 0 spiro atoms. The predicted molar refractivity (Wildman–Crippen MR) is 113 cm³/mol. The molecular formula is C24H27F3N2O2. The number of amides is 2. The highest BCUT2D eigenvalue weighted by Gasteiger charge is 2.31. The lowest BCUT2D eigenvalue weighted by Gasteiger charge is -2.30. The molecule has 0 saturated heterocycles. The van der Waals surface area contributed by atoms with Crippen LogP contribution >= 0.6 is 0 Å². The molecule has 3 unspecified atom stereocenters. The number of hydrogen-bond acceptors (Lipinski definition) is 2. The van der Waals surface area contributed by atoms with E-state index in [2.05, 4.69) is 10.6 Å². The van der Waals surface area contributed by atoms with E-state index in [4.69, 9.17) is 0 Å². The monoisotopic (exact) mass is 432 g/mol. The standard InChI is InChI=1S/C24H27F3N2O2/c25-24(26,27)18-10-7-15(8-11-18)17-4-1-5-19(13-17)28-23(31)29-22-6-2-3-16-9-12-20(30)14-21(16)22/h2-3,6-8,10-11,17,19-20,30H,1,4-5,9,12-14H2,(H2,28,29,31). The van der Waals surface area contributed by atoms with E-state index in [-0.39, 0.29) is 24.1 Å². The van der Waals surface area contributed by atoms with Gasteiger partial charge >= 0.3 is 12.2 Å². The van der Waals surface area contributed by atoms with Crippen LogP contribution in [0.25, 0.3) is 0 Å². The van der Waals surface area contributed by atoms with Crippen molar-refractivity contribution in [3.05, 3.63) is 64.7 Å². The Labute approximate surface area is 179 Å². The van der Waals surface area contributed by atoms with Gasteiger partial charge in [-0.25, -0.2) is 4.79 Å². The number of fused-ring (bicyclic) bond motifs is 1. The molecule has 4 nitrogen and oxygen atoms in total. The first kappa shape index (κ1) is 21.7. The van der Waals surface area contributed by atoms with Gasteiger partial charge in [-0.2, -0.15) is 13.2 Å². The summed E-state index contributed by atoms with van der Waals surface area (Å²) in [5.74, 6) is 0.126. The predicted octanol–water partition coefficient (Wildman–Crippen LogP) is 5.40. The third kappa shape index (κ3) is 5.21. The van der Waals surface area contributed by atoms with Crippen molar-refractivity contribution in [3.8, 4) is 0 Å². The van der Waals surface area contributed by atoms with Crippen LogP contribution < -0.4 is 10.6 Å². The Hall–Kier alpha value is -2.54. The molecule has 2 aliphatic rings. The van der Waals surface area contributed by atoms with E-state index < -0.39 is 11.7 Å². The number of urea groups is 1. The fourth-order valence-corrected chi connectivity index (χ4v) is 4.80. The number of hydrogen-bond donors (Lipinski definition) is 3. The molecule has 31 heavy (non-hydrogen) atoms. The first-order chi connectivity index (χ1) is 14.8. The zero-order valence-corrected chi connectivity index (χ0v) is 17.2. The minimum absolute atomic E-state index is 0.0360. The van der Waals surface area contributed by atoms with Crippen LogP contribution in [0.1, 0.15) is 60.3 Å². The number of aryl methyl sites for hydroxylation is 1. The van der Waals surface area contributed by atoms with E-state index in [0.29, 0.717) is 12.8 Å². The number of carbonyl (C=O) groups excluding carboxylic acids is 1. The summed E-state index contributed by atoms with van der Waals surface area (Å²) >= 11 is 0. The summed E-state index contributed by atoms with van der Waals surface area (Å²) in [7, 11) is 0. The van der Waals surface area contributed by atoms with Gasteiger partial charge in [-0.1, -0.05) is 30.7 Å². The van der Waals surface area contributed by atoms with Crippen molar-refractivity contribution in [2.75, 3.05) is 5.32 Å². The number of rotatable bonds is 3. The second-order valence-electron chi connectivity index (χ2n) is 8.62. The fourth-order valence-electron chi connectivity index (χ4n) is 4.80. The van der Waals surface area contributed by atoms with E-state index in [1.165, 1.54) is 0 Å². The third-order valence-corrected chi connectivity index (χ3v) is 6.43. The third-order valence-electron chi connectivity index (χ3n) is 6.43. The Morgan fingerprint density at radius 1 is 1.03 bits per heavy atom. The summed E-state index contributed by atoms with van der Waals surface area (Å²) in [6, 6.07) is 10.8. The van der Waals surface area contributed by atoms with Gasteiger partial charge in [0.05, 0.1) is 11.7 Å². The van der Waals surface area contributed by atoms with Gasteiger partial charge < -0.3 is 15.7 Å². The molecule has 4 rings (SSSR count). The van der Waals surface area contributed by atoms with Crippen LogP contribution in [0.5, 0.6) is 0 Å². The maximum atomic E-state index is 12.8. The first-order valence-corrected chi connectivity index (χ1v) is 10.8. The van der Waals surface area contributed by atoms with Crippen molar-refractivity contribution in [2.24, 2.45) is 0 Å². The molecule has 2 aliphatic carbocycles. The SMILES string of the molecule is O=C(Nc1cccc2c1CC(O)CC2)NC1CCCC(c2ccc(C(F)(F)F)cc2)C1. The second-order valence-corrected chi connectivity index (χ2v) is 8.62. The first-order valence-electron chi connectivity index (χ1n) is 10.8. The molecule has 0 aromatic heterocycles. The number of benzene rings is 2. The number of anilines is 1. The Morgan fingerprint density at radius 2 is 1.81 bits per heavy atom. The molecule has 3 atom stereocenters. The number of halogens is 3. The number of alkyl halides is 3. The van der Waals surface area contributed by atoms with Gasteiger partial charge in [-0.3, -0.25) is 0 Å². The summed E-state index contributed by atoms with van der Waals surface area (Å²) < 4.78 is 38.4. The molecule has 3 N–H and O–H groups in total. The van der Waals surface area contributed by atoms with Crippen LogP contribution in [-0.4, -0.2) is 23.3 Å². The average Bonchev–Trinajstić information content (AvgIpc) is 2.74. The largest absolute Gasteiger partial charge is 0.416 e. The van der Waals surface area contributed by atoms with Gasteiger partial charge in [0.1, 0.15) is 0 Å². The van der Waals surface area contributed by atoms with E-state index >= 15 is 0 Å². The van der Waals surface area contributed by atoms with Gasteiger partial charge in [-0.05, 0) is 72.9 Å². The van der Waals surface area contributed by atoms with Gasteiger partial charge in [0.2, 0.25) is 0 Å². The topological polar surface area (TPSA) is 61.4 Å². The molecule has 0 heterocycles. The van der Waals surface area contributed by atoms with Crippen LogP contribution in [0.3, 0.4) is 0 Å². The van der Waals surface area contributed by atoms with E-state index in [1.807, 2.05) is 18.2 Å². The van der Waals surface area contributed by atoms with Crippen molar-refractivity contribution >= 4 is 11.7 Å². The van der Waals surface area contributed by atoms with Crippen molar-refractivity contribution in [1.29, 1.82) is 0 Å². The highest BCUT2D eigenvalue weighted by molar-refractivity contribution is 5.90. The zero-order chi connectivity index (χ0) is 22.0. The maximum absolute atomic E-state index is 12.8. The summed E-state index contributed by atoms with van der Waals surface area (Å²) in [6.45, 7) is 0. The average molecular weight is 432 g/mol. The Kier molecular flexibility index (Phi) is 6.23. The molecular weight excluding hydrogens is 405 g/mol. The lowest BCUT2D eigenvalue weighted by atomic mass is 9.81. The fraction of sp³-hybridized carbons (Fsp3) is 0.458. The molecule has 0 bridgehead atoms. The summed E-state index contributed by atoms with van der Waals surface area (Å²) in [5.41, 5.74) is 3.11.